The zero-order valence-electron chi connectivity index (χ0n) is 17.6. The zero-order chi connectivity index (χ0) is 21.8. The van der Waals surface area contributed by atoms with Crippen molar-refractivity contribution in [2.45, 2.75) is 26.4 Å². The first kappa shape index (κ1) is 21.2. The highest BCUT2D eigenvalue weighted by Crippen LogP contribution is 2.25. The maximum Gasteiger partial charge on any atom is 0.264 e. The molecule has 4 rings (SSSR count). The van der Waals surface area contributed by atoms with E-state index in [2.05, 4.69) is 20.4 Å². The molecule has 1 saturated heterocycles. The smallest absolute Gasteiger partial charge is 0.264 e. The maximum atomic E-state index is 12.8. The Balaban J connectivity index is 1.33. The molecule has 1 aliphatic rings. The zero-order valence-corrected chi connectivity index (χ0v) is 18.4. The Kier molecular flexibility index (Phi) is 6.43. The number of carbonyl (C=O) groups is 2. The van der Waals surface area contributed by atoms with E-state index < -0.39 is 0 Å². The molecule has 1 aliphatic heterocycles. The molecule has 2 amide bonds. The molecule has 0 radical (unpaired) electrons. The number of thiophene rings is 1. The third-order valence-electron chi connectivity index (χ3n) is 5.36. The van der Waals surface area contributed by atoms with Gasteiger partial charge in [-0.3, -0.25) is 14.5 Å². The van der Waals surface area contributed by atoms with Crippen molar-refractivity contribution >= 4 is 23.2 Å². The molecular weight excluding hydrogens is 414 g/mol. The van der Waals surface area contributed by atoms with Crippen molar-refractivity contribution in [1.29, 1.82) is 0 Å². The minimum Gasteiger partial charge on any atom is -0.351 e. The lowest BCUT2D eigenvalue weighted by Gasteiger charge is -2.36. The summed E-state index contributed by atoms with van der Waals surface area (Å²) in [4.78, 5) is 34.3. The summed E-state index contributed by atoms with van der Waals surface area (Å²) in [6.45, 7) is 6.74. The fourth-order valence-electron chi connectivity index (χ4n) is 3.53. The van der Waals surface area contributed by atoms with Crippen LogP contribution in [-0.2, 0) is 11.3 Å². The van der Waals surface area contributed by atoms with Crippen LogP contribution in [0.2, 0.25) is 0 Å². The Bertz CT molecular complexity index is 1040. The van der Waals surface area contributed by atoms with E-state index in [0.717, 1.165) is 23.5 Å². The summed E-state index contributed by atoms with van der Waals surface area (Å²) in [5, 5.41) is 6.87. The molecule has 3 aromatic rings. The molecule has 0 spiro atoms. The van der Waals surface area contributed by atoms with Crippen LogP contribution in [0, 0.1) is 0 Å². The Morgan fingerprint density at radius 1 is 1.13 bits per heavy atom. The number of hydrogen-bond donors (Lipinski definition) is 1. The number of aromatic nitrogens is 2. The number of rotatable bonds is 6. The first-order valence-electron chi connectivity index (χ1n) is 10.3. The van der Waals surface area contributed by atoms with Crippen LogP contribution in [0.3, 0.4) is 0 Å². The topological polar surface area (TPSA) is 91.6 Å². The Hall–Kier alpha value is -3.04. The average Bonchev–Trinajstić information content (AvgIpc) is 3.47. The minimum atomic E-state index is -0.0799. The summed E-state index contributed by atoms with van der Waals surface area (Å²) in [5.41, 5.74) is 0.925. The van der Waals surface area contributed by atoms with Gasteiger partial charge in [0.05, 0.1) is 17.5 Å². The number of carbonyl (C=O) groups excluding carboxylic acids is 2. The van der Waals surface area contributed by atoms with E-state index in [0.29, 0.717) is 36.2 Å². The SMILES string of the molecule is CC(=O)NCc1ccc(C(=O)N2CCN(C(C)c3nc(-c4ccccc4)no3)CC2)s1. The third-order valence-corrected chi connectivity index (χ3v) is 6.44. The van der Waals surface area contributed by atoms with Crippen LogP contribution in [0.5, 0.6) is 0 Å². The molecule has 8 nitrogen and oxygen atoms in total. The summed E-state index contributed by atoms with van der Waals surface area (Å²) >= 11 is 1.43. The molecule has 0 bridgehead atoms. The van der Waals surface area contributed by atoms with Crippen LogP contribution in [-0.4, -0.2) is 57.9 Å². The normalized spacial score (nSPS) is 15.6. The number of nitrogens with one attached hydrogen (secondary N) is 1. The van der Waals surface area contributed by atoms with Gasteiger partial charge in [-0.25, -0.2) is 0 Å². The second-order valence-corrected chi connectivity index (χ2v) is 8.67. The van der Waals surface area contributed by atoms with E-state index in [1.165, 1.54) is 18.3 Å². The highest BCUT2D eigenvalue weighted by molar-refractivity contribution is 7.14. The molecule has 162 valence electrons. The summed E-state index contributed by atoms with van der Waals surface area (Å²) in [6.07, 6.45) is 0. The summed E-state index contributed by atoms with van der Waals surface area (Å²) < 4.78 is 5.51. The van der Waals surface area contributed by atoms with Gasteiger partial charge in [-0.1, -0.05) is 35.5 Å². The molecule has 1 unspecified atom stereocenters. The second kappa shape index (κ2) is 9.40. The second-order valence-electron chi connectivity index (χ2n) is 7.50. The van der Waals surface area contributed by atoms with Crippen LogP contribution in [0.1, 0.15) is 40.3 Å². The number of amides is 2. The predicted molar refractivity (Wildman–Crippen MR) is 117 cm³/mol. The highest BCUT2D eigenvalue weighted by atomic mass is 32.1. The Morgan fingerprint density at radius 3 is 2.58 bits per heavy atom. The van der Waals surface area contributed by atoms with Gasteiger partial charge in [-0.2, -0.15) is 4.98 Å². The van der Waals surface area contributed by atoms with Crippen molar-refractivity contribution in [2.24, 2.45) is 0 Å². The lowest BCUT2D eigenvalue weighted by molar-refractivity contribution is -0.119. The van der Waals surface area contributed by atoms with Crippen LogP contribution >= 0.6 is 11.3 Å². The van der Waals surface area contributed by atoms with Gasteiger partial charge in [0, 0.05) is 43.5 Å². The van der Waals surface area contributed by atoms with Gasteiger partial charge in [0.2, 0.25) is 17.6 Å². The standard InChI is InChI=1S/C22H25N5O3S/c1-15(21-24-20(25-30-21)17-6-4-3-5-7-17)26-10-12-27(13-11-26)22(29)19-9-8-18(31-19)14-23-16(2)28/h3-9,15H,10-14H2,1-2H3,(H,23,28). The quantitative estimate of drug-likeness (QED) is 0.635. The maximum absolute atomic E-state index is 12.8. The van der Waals surface area contributed by atoms with E-state index in [1.54, 1.807) is 0 Å². The number of piperazine rings is 1. The molecule has 0 aliphatic carbocycles. The molecule has 2 aromatic heterocycles. The fourth-order valence-corrected chi connectivity index (χ4v) is 4.45. The van der Waals surface area contributed by atoms with Gasteiger partial charge in [0.15, 0.2) is 0 Å². The number of nitrogens with zero attached hydrogens (tertiary/aromatic N) is 4. The molecular formula is C22H25N5O3S. The summed E-state index contributed by atoms with van der Waals surface area (Å²) in [7, 11) is 0. The molecule has 9 heteroatoms. The molecule has 1 N–H and O–H groups in total. The highest BCUT2D eigenvalue weighted by Gasteiger charge is 2.28. The van der Waals surface area contributed by atoms with E-state index >= 15 is 0 Å². The largest absolute Gasteiger partial charge is 0.351 e. The molecule has 3 heterocycles. The van der Waals surface area contributed by atoms with Crippen LogP contribution in [0.25, 0.3) is 11.4 Å². The Labute approximate surface area is 184 Å². The third kappa shape index (κ3) is 5.00. The summed E-state index contributed by atoms with van der Waals surface area (Å²) in [5.74, 6) is 1.13. The van der Waals surface area contributed by atoms with Crippen molar-refractivity contribution < 1.29 is 14.1 Å². The van der Waals surface area contributed by atoms with Crippen molar-refractivity contribution in [3.63, 3.8) is 0 Å². The van der Waals surface area contributed by atoms with Crippen molar-refractivity contribution in [1.82, 2.24) is 25.3 Å². The monoisotopic (exact) mass is 439 g/mol. The lowest BCUT2D eigenvalue weighted by Crippen LogP contribution is -2.49. The minimum absolute atomic E-state index is 0.0202. The first-order valence-corrected chi connectivity index (χ1v) is 11.1. The Morgan fingerprint density at radius 2 is 1.87 bits per heavy atom. The van der Waals surface area contributed by atoms with Crippen molar-refractivity contribution in [3.05, 3.63) is 58.1 Å². The predicted octanol–water partition coefficient (Wildman–Crippen LogP) is 2.95. The van der Waals surface area contributed by atoms with Crippen molar-refractivity contribution in [2.75, 3.05) is 26.2 Å². The van der Waals surface area contributed by atoms with E-state index in [-0.39, 0.29) is 17.9 Å². The molecule has 1 fully saturated rings. The molecule has 0 saturated carbocycles. The van der Waals surface area contributed by atoms with Gasteiger partial charge in [-0.05, 0) is 19.1 Å². The molecule has 31 heavy (non-hydrogen) atoms. The first-order chi connectivity index (χ1) is 15.0. The van der Waals surface area contributed by atoms with Crippen LogP contribution < -0.4 is 5.32 Å². The van der Waals surface area contributed by atoms with Gasteiger partial charge in [0.25, 0.3) is 5.91 Å². The lowest BCUT2D eigenvalue weighted by atomic mass is 10.2. The van der Waals surface area contributed by atoms with E-state index in [9.17, 15) is 9.59 Å². The average molecular weight is 440 g/mol. The van der Waals surface area contributed by atoms with Crippen molar-refractivity contribution in [3.8, 4) is 11.4 Å². The van der Waals surface area contributed by atoms with Crippen LogP contribution in [0.4, 0.5) is 0 Å². The van der Waals surface area contributed by atoms with E-state index in [4.69, 9.17) is 4.52 Å². The number of benzene rings is 1. The van der Waals surface area contributed by atoms with E-state index in [1.807, 2.05) is 54.3 Å². The van der Waals surface area contributed by atoms with Gasteiger partial charge >= 0.3 is 0 Å². The number of hydrogen-bond acceptors (Lipinski definition) is 7. The van der Waals surface area contributed by atoms with Gasteiger partial charge in [0.1, 0.15) is 0 Å². The molecule has 1 aromatic carbocycles. The van der Waals surface area contributed by atoms with Gasteiger partial charge < -0.3 is 14.7 Å². The summed E-state index contributed by atoms with van der Waals surface area (Å²) in [6, 6.07) is 13.5. The van der Waals surface area contributed by atoms with Gasteiger partial charge in [-0.15, -0.1) is 11.3 Å². The fraction of sp³-hybridized carbons (Fsp3) is 0.364. The molecule has 1 atom stereocenters. The van der Waals surface area contributed by atoms with Crippen LogP contribution in [0.15, 0.2) is 47.0 Å².